The van der Waals surface area contributed by atoms with Gasteiger partial charge in [-0.05, 0) is 24.6 Å². The number of carbonyl (C=O) groups is 1. The van der Waals surface area contributed by atoms with Crippen LogP contribution in [0.25, 0.3) is 0 Å². The Labute approximate surface area is 104 Å². The Morgan fingerprint density at radius 3 is 2.50 bits per heavy atom. The molecule has 0 saturated carbocycles. The lowest BCUT2D eigenvalue weighted by molar-refractivity contribution is -0.142. The highest BCUT2D eigenvalue weighted by molar-refractivity contribution is 6.30. The fourth-order valence-electron chi connectivity index (χ4n) is 0.928. The highest BCUT2D eigenvalue weighted by Crippen LogP contribution is 2.10. The van der Waals surface area contributed by atoms with E-state index in [1.54, 1.807) is 31.2 Å². The van der Waals surface area contributed by atoms with Crippen molar-refractivity contribution in [1.82, 2.24) is 0 Å². The van der Waals surface area contributed by atoms with Crippen molar-refractivity contribution < 1.29 is 14.7 Å². The Morgan fingerprint density at radius 2 is 2.00 bits per heavy atom. The van der Waals surface area contributed by atoms with E-state index in [4.69, 9.17) is 16.7 Å². The minimum Gasteiger partial charge on any atom is -0.479 e. The molecule has 16 heavy (non-hydrogen) atoms. The zero-order chi connectivity index (χ0) is 11.3. The predicted octanol–water partition coefficient (Wildman–Crippen LogP) is 2.59. The number of oxime groups is 1. The molecule has 0 saturated heterocycles. The third-order valence-electron chi connectivity index (χ3n) is 1.65. The standard InChI is InChI=1S/C10H10ClNO3.ClH/c1-7(12-15-6-10(13)14)8-2-4-9(11)5-3-8;/h2-5H,6H2,1H3,(H,13,14);1H. The van der Waals surface area contributed by atoms with Gasteiger partial charge < -0.3 is 9.94 Å². The van der Waals surface area contributed by atoms with E-state index in [1.165, 1.54) is 0 Å². The normalized spacial score (nSPS) is 10.5. The van der Waals surface area contributed by atoms with Crippen LogP contribution in [0.5, 0.6) is 0 Å². The summed E-state index contributed by atoms with van der Waals surface area (Å²) in [5.74, 6) is -1.05. The van der Waals surface area contributed by atoms with Gasteiger partial charge in [-0.3, -0.25) is 0 Å². The van der Waals surface area contributed by atoms with E-state index in [0.717, 1.165) is 5.56 Å². The van der Waals surface area contributed by atoms with Crippen LogP contribution in [0.1, 0.15) is 12.5 Å². The summed E-state index contributed by atoms with van der Waals surface area (Å²) in [6, 6.07) is 7.02. The monoisotopic (exact) mass is 263 g/mol. The van der Waals surface area contributed by atoms with E-state index in [9.17, 15) is 4.79 Å². The third-order valence-corrected chi connectivity index (χ3v) is 1.90. The van der Waals surface area contributed by atoms with Crippen molar-refractivity contribution in [3.05, 3.63) is 34.9 Å². The lowest BCUT2D eigenvalue weighted by atomic mass is 10.1. The molecule has 1 rings (SSSR count). The van der Waals surface area contributed by atoms with Crippen LogP contribution < -0.4 is 0 Å². The van der Waals surface area contributed by atoms with Crippen LogP contribution in [0.2, 0.25) is 5.02 Å². The van der Waals surface area contributed by atoms with Crippen LogP contribution in [-0.4, -0.2) is 23.4 Å². The fourth-order valence-corrected chi connectivity index (χ4v) is 1.05. The number of halogens is 2. The Bertz CT molecular complexity index is 376. The summed E-state index contributed by atoms with van der Waals surface area (Å²) in [4.78, 5) is 14.7. The molecule has 0 amide bonds. The first-order chi connectivity index (χ1) is 7.09. The summed E-state index contributed by atoms with van der Waals surface area (Å²) in [5, 5.41) is 12.6. The molecule has 0 bridgehead atoms. The van der Waals surface area contributed by atoms with Crippen molar-refractivity contribution in [2.24, 2.45) is 5.16 Å². The maximum Gasteiger partial charge on any atom is 0.344 e. The summed E-state index contributed by atoms with van der Waals surface area (Å²) in [5.41, 5.74) is 1.44. The van der Waals surface area contributed by atoms with Gasteiger partial charge >= 0.3 is 5.97 Å². The lowest BCUT2D eigenvalue weighted by Crippen LogP contribution is -2.05. The average molecular weight is 264 g/mol. The van der Waals surface area contributed by atoms with Gasteiger partial charge in [0.2, 0.25) is 6.61 Å². The number of hydrogen-bond donors (Lipinski definition) is 1. The molecular formula is C10H11Cl2NO3. The van der Waals surface area contributed by atoms with Crippen LogP contribution in [0.3, 0.4) is 0 Å². The SMILES string of the molecule is CC(=NOCC(=O)O)c1ccc(Cl)cc1.Cl. The molecule has 1 aromatic rings. The molecule has 88 valence electrons. The largest absolute Gasteiger partial charge is 0.479 e. The number of aliphatic carboxylic acids is 1. The summed E-state index contributed by atoms with van der Waals surface area (Å²) in [6.45, 7) is 1.29. The van der Waals surface area contributed by atoms with E-state index in [1.807, 2.05) is 0 Å². The van der Waals surface area contributed by atoms with Crippen molar-refractivity contribution in [2.75, 3.05) is 6.61 Å². The highest BCUT2D eigenvalue weighted by Gasteiger charge is 1.99. The van der Waals surface area contributed by atoms with E-state index in [2.05, 4.69) is 9.99 Å². The van der Waals surface area contributed by atoms with E-state index >= 15 is 0 Å². The Hall–Kier alpha value is -1.26. The fraction of sp³-hybridized carbons (Fsp3) is 0.200. The average Bonchev–Trinajstić information content (AvgIpc) is 2.18. The van der Waals surface area contributed by atoms with Crippen molar-refractivity contribution >= 4 is 35.7 Å². The lowest BCUT2D eigenvalue weighted by Gasteiger charge is -2.00. The second-order valence-corrected chi connectivity index (χ2v) is 3.29. The summed E-state index contributed by atoms with van der Waals surface area (Å²) < 4.78 is 0. The first-order valence-electron chi connectivity index (χ1n) is 4.24. The minimum atomic E-state index is -1.05. The zero-order valence-electron chi connectivity index (χ0n) is 8.51. The van der Waals surface area contributed by atoms with E-state index in [0.29, 0.717) is 10.7 Å². The van der Waals surface area contributed by atoms with Gasteiger partial charge in [-0.15, -0.1) is 12.4 Å². The number of benzene rings is 1. The molecule has 0 radical (unpaired) electrons. The predicted molar refractivity (Wildman–Crippen MR) is 64.5 cm³/mol. The van der Waals surface area contributed by atoms with Crippen LogP contribution >= 0.6 is 24.0 Å². The molecule has 0 spiro atoms. The van der Waals surface area contributed by atoms with Crippen LogP contribution in [0, 0.1) is 0 Å². The Balaban J connectivity index is 0.00000225. The summed E-state index contributed by atoms with van der Waals surface area (Å²) >= 11 is 5.71. The molecule has 0 fully saturated rings. The third kappa shape index (κ3) is 5.00. The molecule has 1 aromatic carbocycles. The molecule has 0 aliphatic rings. The molecule has 0 aliphatic carbocycles. The summed E-state index contributed by atoms with van der Waals surface area (Å²) in [7, 11) is 0. The van der Waals surface area contributed by atoms with Crippen LogP contribution in [0.15, 0.2) is 29.4 Å². The molecule has 0 atom stereocenters. The quantitative estimate of drug-likeness (QED) is 0.671. The Kier molecular flexibility index (Phi) is 6.53. The Morgan fingerprint density at radius 1 is 1.44 bits per heavy atom. The number of nitrogens with zero attached hydrogens (tertiary/aromatic N) is 1. The smallest absolute Gasteiger partial charge is 0.344 e. The number of carboxylic acid groups (broad SMARTS) is 1. The number of rotatable bonds is 4. The maximum atomic E-state index is 10.2. The molecule has 0 aromatic heterocycles. The van der Waals surface area contributed by atoms with Gasteiger partial charge in [-0.2, -0.15) is 0 Å². The molecule has 0 unspecified atom stereocenters. The first kappa shape index (κ1) is 14.7. The molecule has 4 nitrogen and oxygen atoms in total. The van der Waals surface area contributed by atoms with Gasteiger partial charge in [0.05, 0.1) is 5.71 Å². The molecular weight excluding hydrogens is 253 g/mol. The van der Waals surface area contributed by atoms with Gasteiger partial charge in [-0.25, -0.2) is 4.79 Å². The highest BCUT2D eigenvalue weighted by atomic mass is 35.5. The zero-order valence-corrected chi connectivity index (χ0v) is 10.1. The molecule has 0 aliphatic heterocycles. The van der Waals surface area contributed by atoms with Crippen molar-refractivity contribution in [3.8, 4) is 0 Å². The van der Waals surface area contributed by atoms with Gasteiger partial charge in [-0.1, -0.05) is 28.9 Å². The van der Waals surface area contributed by atoms with Gasteiger partial charge in [0.15, 0.2) is 0 Å². The topological polar surface area (TPSA) is 58.9 Å². The maximum absolute atomic E-state index is 10.2. The summed E-state index contributed by atoms with van der Waals surface area (Å²) in [6.07, 6.45) is 0. The molecule has 0 heterocycles. The minimum absolute atomic E-state index is 0. The first-order valence-corrected chi connectivity index (χ1v) is 4.61. The van der Waals surface area contributed by atoms with Gasteiger partial charge in [0, 0.05) is 5.02 Å². The second kappa shape index (κ2) is 7.09. The molecule has 1 N–H and O–H groups in total. The second-order valence-electron chi connectivity index (χ2n) is 2.85. The van der Waals surface area contributed by atoms with Crippen LogP contribution in [0.4, 0.5) is 0 Å². The van der Waals surface area contributed by atoms with Crippen molar-refractivity contribution in [2.45, 2.75) is 6.92 Å². The van der Waals surface area contributed by atoms with Gasteiger partial charge in [0.1, 0.15) is 0 Å². The van der Waals surface area contributed by atoms with Gasteiger partial charge in [0.25, 0.3) is 0 Å². The van der Waals surface area contributed by atoms with E-state index in [-0.39, 0.29) is 12.4 Å². The van der Waals surface area contributed by atoms with Crippen molar-refractivity contribution in [1.29, 1.82) is 0 Å². The number of carboxylic acids is 1. The van der Waals surface area contributed by atoms with Crippen molar-refractivity contribution in [3.63, 3.8) is 0 Å². The van der Waals surface area contributed by atoms with Crippen LogP contribution in [-0.2, 0) is 9.63 Å². The number of hydrogen-bond acceptors (Lipinski definition) is 3. The molecule has 6 heteroatoms. The van der Waals surface area contributed by atoms with E-state index < -0.39 is 12.6 Å².